The first-order valence-corrected chi connectivity index (χ1v) is 5.96. The van der Waals surface area contributed by atoms with Crippen molar-refractivity contribution < 1.29 is 9.59 Å². The SMILES string of the molecule is CC1(CC(=O)Sc2ccccc2)CC(=O)N1. The lowest BCUT2D eigenvalue weighted by Crippen LogP contribution is -2.59. The molecule has 0 aliphatic carbocycles. The average Bonchev–Trinajstić information content (AvgIpc) is 2.16. The molecule has 1 atom stereocenters. The van der Waals surface area contributed by atoms with Crippen LogP contribution in [0.4, 0.5) is 0 Å². The van der Waals surface area contributed by atoms with Crippen molar-refractivity contribution in [3.05, 3.63) is 30.3 Å². The minimum absolute atomic E-state index is 0.0278. The van der Waals surface area contributed by atoms with Crippen LogP contribution < -0.4 is 5.32 Å². The molecule has 16 heavy (non-hydrogen) atoms. The summed E-state index contributed by atoms with van der Waals surface area (Å²) in [4.78, 5) is 23.5. The van der Waals surface area contributed by atoms with Crippen LogP contribution in [0.2, 0.25) is 0 Å². The summed E-state index contributed by atoms with van der Waals surface area (Å²) in [7, 11) is 0. The highest BCUT2D eigenvalue weighted by molar-refractivity contribution is 8.13. The number of nitrogens with one attached hydrogen (secondary N) is 1. The molecule has 1 unspecified atom stereocenters. The molecule has 0 bridgehead atoms. The van der Waals surface area contributed by atoms with Crippen molar-refractivity contribution in [2.24, 2.45) is 0 Å². The fourth-order valence-corrected chi connectivity index (χ4v) is 2.70. The third-order valence-electron chi connectivity index (χ3n) is 2.50. The topological polar surface area (TPSA) is 46.2 Å². The van der Waals surface area contributed by atoms with Crippen LogP contribution in [-0.4, -0.2) is 16.6 Å². The van der Waals surface area contributed by atoms with E-state index in [2.05, 4.69) is 5.32 Å². The molecule has 1 aliphatic rings. The van der Waals surface area contributed by atoms with Crippen LogP contribution in [0.3, 0.4) is 0 Å². The number of carbonyl (C=O) groups excluding carboxylic acids is 2. The zero-order valence-electron chi connectivity index (χ0n) is 9.03. The summed E-state index contributed by atoms with van der Waals surface area (Å²) in [6, 6.07) is 9.54. The molecule has 0 radical (unpaired) electrons. The molecule has 1 N–H and O–H groups in total. The van der Waals surface area contributed by atoms with Crippen molar-refractivity contribution >= 4 is 22.8 Å². The fraction of sp³-hybridized carbons (Fsp3) is 0.333. The second-order valence-corrected chi connectivity index (χ2v) is 5.38. The van der Waals surface area contributed by atoms with Crippen molar-refractivity contribution in [1.82, 2.24) is 5.32 Å². The second-order valence-electron chi connectivity index (χ2n) is 4.25. The van der Waals surface area contributed by atoms with E-state index in [0.29, 0.717) is 12.8 Å². The van der Waals surface area contributed by atoms with Gasteiger partial charge in [0.15, 0.2) is 5.12 Å². The maximum absolute atomic E-state index is 11.7. The predicted octanol–water partition coefficient (Wildman–Crippen LogP) is 1.97. The maximum Gasteiger partial charge on any atom is 0.222 e. The molecular formula is C12H13NO2S. The molecule has 2 rings (SSSR count). The summed E-state index contributed by atoms with van der Waals surface area (Å²) in [6.45, 7) is 1.90. The summed E-state index contributed by atoms with van der Waals surface area (Å²) in [5.41, 5.74) is -0.323. The Hall–Kier alpha value is -1.29. The first-order chi connectivity index (χ1) is 7.57. The smallest absolute Gasteiger partial charge is 0.222 e. The van der Waals surface area contributed by atoms with Gasteiger partial charge >= 0.3 is 0 Å². The van der Waals surface area contributed by atoms with Crippen molar-refractivity contribution in [1.29, 1.82) is 0 Å². The molecule has 1 amide bonds. The Bertz CT molecular complexity index is 408. The molecule has 4 heteroatoms. The van der Waals surface area contributed by atoms with Crippen molar-refractivity contribution in [3.8, 4) is 0 Å². The van der Waals surface area contributed by atoms with Gasteiger partial charge in [-0.05, 0) is 19.1 Å². The fourth-order valence-electron chi connectivity index (χ4n) is 1.75. The summed E-state index contributed by atoms with van der Waals surface area (Å²) in [6.07, 6.45) is 0.840. The van der Waals surface area contributed by atoms with Gasteiger partial charge in [0.05, 0.1) is 5.54 Å². The molecule has 0 saturated carbocycles. The Morgan fingerprint density at radius 1 is 1.44 bits per heavy atom. The molecule has 1 heterocycles. The Morgan fingerprint density at radius 2 is 2.06 bits per heavy atom. The number of amides is 1. The van der Waals surface area contributed by atoms with Crippen LogP contribution in [-0.2, 0) is 9.59 Å². The molecule has 1 saturated heterocycles. The van der Waals surface area contributed by atoms with E-state index in [4.69, 9.17) is 0 Å². The van der Waals surface area contributed by atoms with Crippen molar-refractivity contribution in [3.63, 3.8) is 0 Å². The summed E-state index contributed by atoms with van der Waals surface area (Å²) >= 11 is 1.23. The number of carbonyl (C=O) groups is 2. The minimum Gasteiger partial charge on any atom is -0.350 e. The molecule has 1 aromatic rings. The Kier molecular flexibility index (Phi) is 3.01. The third kappa shape index (κ3) is 2.64. The molecule has 1 aromatic carbocycles. The zero-order chi connectivity index (χ0) is 11.6. The monoisotopic (exact) mass is 235 g/mol. The molecule has 1 fully saturated rings. The Morgan fingerprint density at radius 3 is 2.62 bits per heavy atom. The van der Waals surface area contributed by atoms with Crippen LogP contribution in [0, 0.1) is 0 Å². The van der Waals surface area contributed by atoms with Gasteiger partial charge in [0.2, 0.25) is 5.91 Å². The molecule has 1 aliphatic heterocycles. The third-order valence-corrected chi connectivity index (χ3v) is 3.38. The lowest BCUT2D eigenvalue weighted by molar-refractivity contribution is -0.133. The van der Waals surface area contributed by atoms with Crippen molar-refractivity contribution in [2.75, 3.05) is 0 Å². The predicted molar refractivity (Wildman–Crippen MR) is 63.1 cm³/mol. The van der Waals surface area contributed by atoms with Crippen LogP contribution in [0.15, 0.2) is 35.2 Å². The molecular weight excluding hydrogens is 222 g/mol. The number of thioether (sulfide) groups is 1. The Balaban J connectivity index is 1.88. The minimum atomic E-state index is -0.323. The van der Waals surface area contributed by atoms with Crippen LogP contribution in [0.1, 0.15) is 19.8 Å². The summed E-state index contributed by atoms with van der Waals surface area (Å²) in [5, 5.41) is 2.85. The standard InChI is InChI=1S/C12H13NO2S/c1-12(7-10(14)13-12)8-11(15)16-9-5-3-2-4-6-9/h2-6H,7-8H2,1H3,(H,13,14). The lowest BCUT2D eigenvalue weighted by Gasteiger charge is -2.38. The number of rotatable bonds is 3. The number of hydrogen-bond donors (Lipinski definition) is 1. The van der Waals surface area contributed by atoms with Gasteiger partial charge in [-0.15, -0.1) is 0 Å². The highest BCUT2D eigenvalue weighted by Crippen LogP contribution is 2.28. The van der Waals surface area contributed by atoms with Crippen molar-refractivity contribution in [2.45, 2.75) is 30.2 Å². The van der Waals surface area contributed by atoms with E-state index in [1.54, 1.807) is 0 Å². The van der Waals surface area contributed by atoms with Crippen LogP contribution >= 0.6 is 11.8 Å². The molecule has 3 nitrogen and oxygen atoms in total. The maximum atomic E-state index is 11.7. The zero-order valence-corrected chi connectivity index (χ0v) is 9.84. The van der Waals surface area contributed by atoms with Gasteiger partial charge in [-0.25, -0.2) is 0 Å². The first-order valence-electron chi connectivity index (χ1n) is 5.14. The quantitative estimate of drug-likeness (QED) is 0.643. The first kappa shape index (κ1) is 11.2. The highest BCUT2D eigenvalue weighted by Gasteiger charge is 2.39. The molecule has 0 spiro atoms. The van der Waals surface area contributed by atoms with E-state index < -0.39 is 0 Å². The van der Waals surface area contributed by atoms with E-state index in [0.717, 1.165) is 4.90 Å². The second kappa shape index (κ2) is 4.29. The van der Waals surface area contributed by atoms with Gasteiger partial charge < -0.3 is 5.32 Å². The van der Waals surface area contributed by atoms with Crippen LogP contribution in [0.5, 0.6) is 0 Å². The van der Waals surface area contributed by atoms with E-state index >= 15 is 0 Å². The van der Waals surface area contributed by atoms with Gasteiger partial charge in [-0.2, -0.15) is 0 Å². The van der Waals surface area contributed by atoms with Gasteiger partial charge in [0.1, 0.15) is 0 Å². The summed E-state index contributed by atoms with van der Waals surface area (Å²) < 4.78 is 0. The Labute approximate surface area is 98.6 Å². The van der Waals surface area contributed by atoms with Gasteiger partial charge in [0, 0.05) is 17.7 Å². The van der Waals surface area contributed by atoms with E-state index in [9.17, 15) is 9.59 Å². The average molecular weight is 235 g/mol. The summed E-state index contributed by atoms with van der Waals surface area (Å²) in [5.74, 6) is 0.0278. The molecule has 0 aromatic heterocycles. The van der Waals surface area contributed by atoms with Gasteiger partial charge in [-0.1, -0.05) is 30.0 Å². The number of β-lactam (4-membered cyclic amide) rings is 1. The molecule has 84 valence electrons. The highest BCUT2D eigenvalue weighted by atomic mass is 32.2. The van der Waals surface area contributed by atoms with Gasteiger partial charge in [-0.3, -0.25) is 9.59 Å². The van der Waals surface area contributed by atoms with E-state index in [-0.39, 0.29) is 16.6 Å². The van der Waals surface area contributed by atoms with Crippen LogP contribution in [0.25, 0.3) is 0 Å². The largest absolute Gasteiger partial charge is 0.350 e. The normalized spacial score (nSPS) is 23.4. The number of hydrogen-bond acceptors (Lipinski definition) is 3. The van der Waals surface area contributed by atoms with Gasteiger partial charge in [0.25, 0.3) is 0 Å². The lowest BCUT2D eigenvalue weighted by atomic mass is 9.87. The van der Waals surface area contributed by atoms with E-state index in [1.165, 1.54) is 11.8 Å². The number of benzene rings is 1. The van der Waals surface area contributed by atoms with E-state index in [1.807, 2.05) is 37.3 Å².